The number of carbonyl (C=O) groups excluding carboxylic acids is 1. The van der Waals surface area contributed by atoms with Gasteiger partial charge in [-0.05, 0) is 17.0 Å². The van der Waals surface area contributed by atoms with Gasteiger partial charge in [0.1, 0.15) is 5.71 Å². The summed E-state index contributed by atoms with van der Waals surface area (Å²) in [5, 5.41) is 6.61. The molecule has 2 aromatic rings. The lowest BCUT2D eigenvalue weighted by Gasteiger charge is -2.35. The zero-order chi connectivity index (χ0) is 18.2. The number of hydrazone groups is 1. The zero-order valence-corrected chi connectivity index (χ0v) is 16.6. The molecule has 3 aliphatic heterocycles. The number of thiophene rings is 1. The second kappa shape index (κ2) is 7.30. The van der Waals surface area contributed by atoms with E-state index in [1.165, 1.54) is 15.3 Å². The fraction of sp³-hybridized carbons (Fsp3) is 0.400. The molecule has 2 atom stereocenters. The summed E-state index contributed by atoms with van der Waals surface area (Å²) in [5.41, 5.74) is 6.59. The molecule has 5 rings (SSSR count). The highest BCUT2D eigenvalue weighted by Crippen LogP contribution is 2.45. The van der Waals surface area contributed by atoms with Gasteiger partial charge < -0.3 is 10.3 Å². The minimum Gasteiger partial charge on any atom is -0.335 e. The maximum atomic E-state index is 13.1. The lowest BCUT2D eigenvalue weighted by Crippen LogP contribution is -2.51. The molecular formula is C20H22N4OS2. The molecule has 0 aliphatic carbocycles. The minimum atomic E-state index is 0.119. The molecule has 7 heteroatoms. The van der Waals surface area contributed by atoms with Gasteiger partial charge in [-0.3, -0.25) is 9.69 Å². The zero-order valence-electron chi connectivity index (χ0n) is 15.0. The van der Waals surface area contributed by atoms with Crippen LogP contribution < -0.4 is 5.43 Å². The largest absolute Gasteiger partial charge is 0.335 e. The number of benzene rings is 1. The third-order valence-corrected chi connectivity index (χ3v) is 7.98. The van der Waals surface area contributed by atoms with Gasteiger partial charge in [0.15, 0.2) is 0 Å². The van der Waals surface area contributed by atoms with Crippen LogP contribution in [0.4, 0.5) is 0 Å². The Balaban J connectivity index is 1.20. The summed E-state index contributed by atoms with van der Waals surface area (Å²) in [5.74, 6) is 1.24. The van der Waals surface area contributed by atoms with Crippen molar-refractivity contribution in [1.82, 2.24) is 15.2 Å². The highest BCUT2D eigenvalue weighted by molar-refractivity contribution is 8.01. The number of nitrogens with zero attached hydrogens (tertiary/aromatic N) is 3. The Kier molecular flexibility index (Phi) is 4.67. The second-order valence-electron chi connectivity index (χ2n) is 7.24. The molecule has 1 aromatic heterocycles. The molecule has 4 heterocycles. The molecule has 140 valence electrons. The van der Waals surface area contributed by atoms with Crippen molar-refractivity contribution in [1.29, 1.82) is 0 Å². The van der Waals surface area contributed by atoms with Crippen molar-refractivity contribution in [2.45, 2.75) is 16.8 Å². The summed E-state index contributed by atoms with van der Waals surface area (Å²) in [6.07, 6.45) is 0. The van der Waals surface area contributed by atoms with E-state index in [-0.39, 0.29) is 17.9 Å². The number of carbonyl (C=O) groups is 1. The molecule has 0 saturated carbocycles. The van der Waals surface area contributed by atoms with E-state index < -0.39 is 0 Å². The normalized spacial score (nSPS) is 24.7. The summed E-state index contributed by atoms with van der Waals surface area (Å²) < 4.78 is 1.36. The third kappa shape index (κ3) is 3.28. The predicted octanol–water partition coefficient (Wildman–Crippen LogP) is 2.81. The number of fused-ring (bicyclic) bond motifs is 3. The standard InChI is InChI=1S/C20H22N4OS2/c25-19(18-16-13-27-20-15(6-11-26-20)17(16)21-22-18)24-9-7-23(8-10-24)12-14-4-2-1-3-5-14/h1-6,11,16-17,21H,7-10,12-13H2. The van der Waals surface area contributed by atoms with E-state index in [2.05, 4.69) is 51.1 Å². The summed E-state index contributed by atoms with van der Waals surface area (Å²) in [6.45, 7) is 4.34. The Hall–Kier alpha value is -1.83. The van der Waals surface area contributed by atoms with Crippen molar-refractivity contribution in [3.63, 3.8) is 0 Å². The number of nitrogens with one attached hydrogen (secondary N) is 1. The molecular weight excluding hydrogens is 376 g/mol. The van der Waals surface area contributed by atoms with Crippen LogP contribution in [0.5, 0.6) is 0 Å². The summed E-state index contributed by atoms with van der Waals surface area (Å²) in [4.78, 5) is 17.5. The van der Waals surface area contributed by atoms with Crippen LogP contribution in [0.2, 0.25) is 0 Å². The Morgan fingerprint density at radius 2 is 1.96 bits per heavy atom. The van der Waals surface area contributed by atoms with E-state index in [0.717, 1.165) is 44.2 Å². The van der Waals surface area contributed by atoms with Crippen molar-refractivity contribution in [2.24, 2.45) is 11.0 Å². The number of hydrogen-bond acceptors (Lipinski definition) is 6. The highest BCUT2D eigenvalue weighted by Gasteiger charge is 2.42. The van der Waals surface area contributed by atoms with Gasteiger partial charge >= 0.3 is 0 Å². The number of amides is 1. The van der Waals surface area contributed by atoms with E-state index in [0.29, 0.717) is 0 Å². The molecule has 0 spiro atoms. The van der Waals surface area contributed by atoms with Crippen molar-refractivity contribution in [3.05, 3.63) is 52.9 Å². The molecule has 1 amide bonds. The Morgan fingerprint density at radius 1 is 1.15 bits per heavy atom. The monoisotopic (exact) mass is 398 g/mol. The minimum absolute atomic E-state index is 0.119. The van der Waals surface area contributed by atoms with Crippen LogP contribution in [-0.2, 0) is 11.3 Å². The van der Waals surface area contributed by atoms with Crippen LogP contribution in [0.15, 0.2) is 51.1 Å². The number of hydrogen-bond donors (Lipinski definition) is 1. The van der Waals surface area contributed by atoms with Crippen molar-refractivity contribution < 1.29 is 4.79 Å². The average molecular weight is 399 g/mol. The first kappa shape index (κ1) is 17.3. The number of rotatable bonds is 3. The first-order chi connectivity index (χ1) is 13.3. The van der Waals surface area contributed by atoms with Gasteiger partial charge in [0.2, 0.25) is 0 Å². The second-order valence-corrected chi connectivity index (χ2v) is 9.44. The molecule has 2 unspecified atom stereocenters. The van der Waals surface area contributed by atoms with Crippen LogP contribution in [0.3, 0.4) is 0 Å². The maximum Gasteiger partial charge on any atom is 0.270 e. The first-order valence-corrected chi connectivity index (χ1v) is 11.2. The summed E-state index contributed by atoms with van der Waals surface area (Å²) in [7, 11) is 0. The van der Waals surface area contributed by atoms with Gasteiger partial charge in [-0.1, -0.05) is 30.3 Å². The number of piperazine rings is 1. The van der Waals surface area contributed by atoms with E-state index in [1.54, 1.807) is 11.3 Å². The lowest BCUT2D eigenvalue weighted by atomic mass is 9.92. The fourth-order valence-electron chi connectivity index (χ4n) is 4.07. The van der Waals surface area contributed by atoms with E-state index in [1.807, 2.05) is 22.7 Å². The molecule has 1 aromatic carbocycles. The lowest BCUT2D eigenvalue weighted by molar-refractivity contribution is -0.126. The smallest absolute Gasteiger partial charge is 0.270 e. The third-order valence-electron chi connectivity index (χ3n) is 5.59. The Labute approximate surface area is 167 Å². The van der Waals surface area contributed by atoms with Crippen molar-refractivity contribution >= 4 is 34.7 Å². The molecule has 0 bridgehead atoms. The molecule has 0 radical (unpaired) electrons. The summed E-state index contributed by atoms with van der Waals surface area (Å²) >= 11 is 3.64. The van der Waals surface area contributed by atoms with Gasteiger partial charge in [0, 0.05) is 50.0 Å². The molecule has 1 fully saturated rings. The predicted molar refractivity (Wildman–Crippen MR) is 110 cm³/mol. The van der Waals surface area contributed by atoms with E-state index in [4.69, 9.17) is 0 Å². The molecule has 3 aliphatic rings. The highest BCUT2D eigenvalue weighted by atomic mass is 32.2. The van der Waals surface area contributed by atoms with Gasteiger partial charge in [-0.15, -0.1) is 23.1 Å². The van der Waals surface area contributed by atoms with Crippen LogP contribution in [0, 0.1) is 5.92 Å². The first-order valence-electron chi connectivity index (χ1n) is 9.38. The van der Waals surface area contributed by atoms with Gasteiger partial charge in [0.05, 0.1) is 10.3 Å². The molecule has 1 N–H and O–H groups in total. The summed E-state index contributed by atoms with van der Waals surface area (Å²) in [6, 6.07) is 12.9. The maximum absolute atomic E-state index is 13.1. The van der Waals surface area contributed by atoms with Gasteiger partial charge in [-0.25, -0.2) is 0 Å². The van der Waals surface area contributed by atoms with Gasteiger partial charge in [-0.2, -0.15) is 5.10 Å². The average Bonchev–Trinajstić information content (AvgIpc) is 3.35. The van der Waals surface area contributed by atoms with Crippen molar-refractivity contribution in [2.75, 3.05) is 31.9 Å². The SMILES string of the molecule is O=C(C1=NNC2c3ccsc3SCC12)N1CCN(Cc2ccccc2)CC1. The molecule has 1 saturated heterocycles. The van der Waals surface area contributed by atoms with Crippen LogP contribution in [-0.4, -0.2) is 53.4 Å². The van der Waals surface area contributed by atoms with Gasteiger partial charge in [0.25, 0.3) is 5.91 Å². The van der Waals surface area contributed by atoms with Crippen LogP contribution in [0.1, 0.15) is 17.2 Å². The Bertz CT molecular complexity index is 858. The quantitative estimate of drug-likeness (QED) is 0.864. The molecule has 27 heavy (non-hydrogen) atoms. The van der Waals surface area contributed by atoms with E-state index in [9.17, 15) is 4.79 Å². The van der Waals surface area contributed by atoms with Crippen molar-refractivity contribution in [3.8, 4) is 0 Å². The Morgan fingerprint density at radius 3 is 2.78 bits per heavy atom. The van der Waals surface area contributed by atoms with E-state index >= 15 is 0 Å². The fourth-order valence-corrected chi connectivity index (χ4v) is 6.42. The van der Waals surface area contributed by atoms with Crippen LogP contribution >= 0.6 is 23.1 Å². The van der Waals surface area contributed by atoms with Crippen LogP contribution in [0.25, 0.3) is 0 Å². The number of thioether (sulfide) groups is 1. The topological polar surface area (TPSA) is 47.9 Å². The molecule has 5 nitrogen and oxygen atoms in total.